The summed E-state index contributed by atoms with van der Waals surface area (Å²) >= 11 is 1.80. The first-order valence-corrected chi connectivity index (χ1v) is 11.4. The van der Waals surface area contributed by atoms with Crippen LogP contribution in [0.4, 0.5) is 0 Å². The van der Waals surface area contributed by atoms with Gasteiger partial charge in [0.25, 0.3) is 0 Å². The molecule has 7 heteroatoms. The lowest BCUT2D eigenvalue weighted by Gasteiger charge is -2.60. The second-order valence-electron chi connectivity index (χ2n) is 8.84. The minimum Gasteiger partial charge on any atom is -0.466 e. The number of hydrogen-bond acceptors (Lipinski definition) is 7. The number of fused-ring (bicyclic) bond motifs is 2. The van der Waals surface area contributed by atoms with Gasteiger partial charge < -0.3 is 14.2 Å². The molecule has 154 valence electrons. The topological polar surface area (TPSA) is 63.2 Å². The molecule has 5 fully saturated rings. The predicted molar refractivity (Wildman–Crippen MR) is 101 cm³/mol. The molecule has 1 spiro atoms. The Bertz CT molecular complexity index is 573. The van der Waals surface area contributed by atoms with Gasteiger partial charge in [-0.1, -0.05) is 13.8 Å². The Labute approximate surface area is 165 Å². The molecule has 4 aliphatic heterocycles. The Balaban J connectivity index is 1.49. The van der Waals surface area contributed by atoms with Crippen LogP contribution in [0.15, 0.2) is 0 Å². The van der Waals surface area contributed by atoms with E-state index in [9.17, 15) is 4.79 Å². The molecule has 1 saturated carbocycles. The van der Waals surface area contributed by atoms with Crippen LogP contribution in [0.5, 0.6) is 0 Å². The number of esters is 1. The molecule has 0 radical (unpaired) electrons. The minimum atomic E-state index is -0.720. The summed E-state index contributed by atoms with van der Waals surface area (Å²) in [7, 11) is 0. The monoisotopic (exact) mass is 400 g/mol. The largest absolute Gasteiger partial charge is 0.466 e. The van der Waals surface area contributed by atoms with Gasteiger partial charge in [0.2, 0.25) is 5.79 Å². The smallest absolute Gasteiger partial charge is 0.302 e. The van der Waals surface area contributed by atoms with Crippen LogP contribution >= 0.6 is 11.8 Å². The number of carbonyl (C=O) groups is 1. The van der Waals surface area contributed by atoms with Gasteiger partial charge in [0.05, 0.1) is 6.61 Å². The Morgan fingerprint density at radius 1 is 1.19 bits per heavy atom. The summed E-state index contributed by atoms with van der Waals surface area (Å²) < 4.78 is 17.9. The van der Waals surface area contributed by atoms with Crippen molar-refractivity contribution in [2.75, 3.05) is 12.4 Å². The zero-order chi connectivity index (χ0) is 19.2. The highest BCUT2D eigenvalue weighted by Crippen LogP contribution is 2.61. The molecule has 1 aliphatic carbocycles. The van der Waals surface area contributed by atoms with Crippen molar-refractivity contribution in [1.29, 1.82) is 0 Å². The van der Waals surface area contributed by atoms with Crippen molar-refractivity contribution in [3.05, 3.63) is 0 Å². The fourth-order valence-electron chi connectivity index (χ4n) is 5.54. The van der Waals surface area contributed by atoms with Crippen molar-refractivity contribution in [2.24, 2.45) is 23.7 Å². The Morgan fingerprint density at radius 2 is 2.00 bits per heavy atom. The molecule has 0 aromatic heterocycles. The van der Waals surface area contributed by atoms with E-state index >= 15 is 0 Å². The lowest BCUT2D eigenvalue weighted by Crippen LogP contribution is -2.70. The van der Waals surface area contributed by atoms with Gasteiger partial charge in [0.1, 0.15) is 5.44 Å². The zero-order valence-electron chi connectivity index (χ0n) is 16.8. The highest BCUT2D eigenvalue weighted by atomic mass is 32.2. The summed E-state index contributed by atoms with van der Waals surface area (Å²) in [4.78, 5) is 22.9. The lowest BCUT2D eigenvalue weighted by molar-refractivity contribution is -0.568. The third-order valence-corrected chi connectivity index (χ3v) is 8.37. The van der Waals surface area contributed by atoms with Crippen LogP contribution < -0.4 is 0 Å². The molecule has 0 N–H and O–H groups in total. The molecule has 4 heterocycles. The Kier molecular flexibility index (Phi) is 5.53. The molecule has 0 amide bonds. The maximum atomic E-state index is 10.9. The van der Waals surface area contributed by atoms with Gasteiger partial charge in [-0.25, -0.2) is 9.78 Å². The van der Waals surface area contributed by atoms with Crippen LogP contribution in [0, 0.1) is 23.7 Å². The van der Waals surface area contributed by atoms with E-state index in [1.54, 1.807) is 11.8 Å². The van der Waals surface area contributed by atoms with Crippen LogP contribution in [0.1, 0.15) is 59.8 Å². The zero-order valence-corrected chi connectivity index (χ0v) is 17.6. The second kappa shape index (κ2) is 7.48. The Hall–Kier alpha value is -0.340. The summed E-state index contributed by atoms with van der Waals surface area (Å²) in [6.45, 7) is 8.47. The van der Waals surface area contributed by atoms with Gasteiger partial charge in [0.15, 0.2) is 11.9 Å². The van der Waals surface area contributed by atoms with Gasteiger partial charge in [-0.15, -0.1) is 11.8 Å². The van der Waals surface area contributed by atoms with E-state index < -0.39 is 11.4 Å². The standard InChI is InChI=1S/C20H32O6S/c1-12-6-7-16-13(2)17(27-11-5-10-22-14(3)21)23-18-20(16)15(12)8-9-19(4,24-18)25-26-20/h12-13,15-18H,5-11H2,1-4H3/t12-,13-,15+,16+,17+,18-,19?,20-/m1/s1. The summed E-state index contributed by atoms with van der Waals surface area (Å²) in [5.41, 5.74) is -0.425. The average molecular weight is 401 g/mol. The molecule has 8 atom stereocenters. The molecule has 0 aromatic carbocycles. The summed E-state index contributed by atoms with van der Waals surface area (Å²) in [5.74, 6) is 1.66. The number of rotatable bonds is 5. The van der Waals surface area contributed by atoms with E-state index in [4.69, 9.17) is 24.0 Å². The minimum absolute atomic E-state index is 0.0589. The highest BCUT2D eigenvalue weighted by Gasteiger charge is 2.69. The van der Waals surface area contributed by atoms with Gasteiger partial charge in [0, 0.05) is 19.3 Å². The second-order valence-corrected chi connectivity index (χ2v) is 10.0. The van der Waals surface area contributed by atoms with E-state index in [2.05, 4.69) is 13.8 Å². The maximum absolute atomic E-state index is 10.9. The van der Waals surface area contributed by atoms with Crippen molar-refractivity contribution in [3.63, 3.8) is 0 Å². The molecule has 5 rings (SSSR count). The van der Waals surface area contributed by atoms with Crippen molar-refractivity contribution in [2.45, 2.75) is 82.9 Å². The van der Waals surface area contributed by atoms with Crippen LogP contribution in [0.2, 0.25) is 0 Å². The highest BCUT2D eigenvalue weighted by molar-refractivity contribution is 7.99. The molecular formula is C20H32O6S. The molecule has 0 aromatic rings. The summed E-state index contributed by atoms with van der Waals surface area (Å²) in [6.07, 6.45) is 4.68. The van der Waals surface area contributed by atoms with Crippen LogP contribution in [-0.2, 0) is 28.8 Å². The van der Waals surface area contributed by atoms with Crippen molar-refractivity contribution in [3.8, 4) is 0 Å². The lowest BCUT2D eigenvalue weighted by atomic mass is 9.58. The van der Waals surface area contributed by atoms with E-state index in [0.717, 1.165) is 31.4 Å². The molecule has 6 nitrogen and oxygen atoms in total. The number of hydrogen-bond donors (Lipinski definition) is 0. The van der Waals surface area contributed by atoms with E-state index in [0.29, 0.717) is 30.3 Å². The van der Waals surface area contributed by atoms with E-state index in [1.165, 1.54) is 13.3 Å². The molecule has 4 saturated heterocycles. The van der Waals surface area contributed by atoms with E-state index in [1.807, 2.05) is 6.92 Å². The summed E-state index contributed by atoms with van der Waals surface area (Å²) in [6, 6.07) is 0. The molecule has 2 bridgehead atoms. The normalized spacial score (nSPS) is 48.6. The fraction of sp³-hybridized carbons (Fsp3) is 0.950. The molecule has 27 heavy (non-hydrogen) atoms. The fourth-order valence-corrected chi connectivity index (χ4v) is 6.73. The van der Waals surface area contributed by atoms with Gasteiger partial charge in [-0.3, -0.25) is 4.79 Å². The van der Waals surface area contributed by atoms with Gasteiger partial charge in [-0.05, 0) is 56.1 Å². The SMILES string of the molecule is CC(=O)OCCCS[C@@H]1O[C@@H]2OC3(C)CC[C@H]4[C@H](C)CC[C@@H]([C@H]1C)[C@@]24OO3. The average Bonchev–Trinajstić information content (AvgIpc) is 2.84. The first-order chi connectivity index (χ1) is 12.9. The maximum Gasteiger partial charge on any atom is 0.302 e. The van der Waals surface area contributed by atoms with Gasteiger partial charge in [-0.2, -0.15) is 0 Å². The van der Waals surface area contributed by atoms with Crippen LogP contribution in [0.25, 0.3) is 0 Å². The van der Waals surface area contributed by atoms with Crippen LogP contribution in [-0.4, -0.2) is 41.4 Å². The first-order valence-electron chi connectivity index (χ1n) is 10.3. The number of carbonyl (C=O) groups excluding carboxylic acids is 1. The van der Waals surface area contributed by atoms with Gasteiger partial charge >= 0.3 is 5.97 Å². The first kappa shape index (κ1) is 20.0. The summed E-state index contributed by atoms with van der Waals surface area (Å²) in [5, 5.41) is 0. The quantitative estimate of drug-likeness (QED) is 0.394. The molecule has 1 unspecified atom stereocenters. The number of ether oxygens (including phenoxy) is 3. The Morgan fingerprint density at radius 3 is 2.78 bits per heavy atom. The predicted octanol–water partition coefficient (Wildman–Crippen LogP) is 3.88. The molecule has 5 aliphatic rings. The number of thioether (sulfide) groups is 1. The molecular weight excluding hydrogens is 368 g/mol. The van der Waals surface area contributed by atoms with Crippen molar-refractivity contribution < 1.29 is 28.8 Å². The third kappa shape index (κ3) is 3.44. The van der Waals surface area contributed by atoms with Crippen molar-refractivity contribution >= 4 is 17.7 Å². The third-order valence-electron chi connectivity index (χ3n) is 6.97. The van der Waals surface area contributed by atoms with Crippen molar-refractivity contribution in [1.82, 2.24) is 0 Å². The van der Waals surface area contributed by atoms with Crippen LogP contribution in [0.3, 0.4) is 0 Å². The van der Waals surface area contributed by atoms with E-state index in [-0.39, 0.29) is 17.7 Å².